The normalized spacial score (nSPS) is 11.1. The molecule has 0 unspecified atom stereocenters. The number of anilines is 1. The molecule has 0 amide bonds. The van der Waals surface area contributed by atoms with Crippen molar-refractivity contribution in [2.45, 2.75) is 13.5 Å². The second kappa shape index (κ2) is 4.72. The summed E-state index contributed by atoms with van der Waals surface area (Å²) < 4.78 is 7.15. The first-order valence-corrected chi connectivity index (χ1v) is 6.19. The lowest BCUT2D eigenvalue weighted by molar-refractivity contribution is 0.503. The Hall–Kier alpha value is -2.37. The molecule has 3 rings (SSSR count). The molecule has 3 aromatic heterocycles. The molecule has 6 heteroatoms. The molecule has 0 aliphatic heterocycles. The lowest BCUT2D eigenvalue weighted by atomic mass is 10.3. The molecule has 0 radical (unpaired) electrons. The highest BCUT2D eigenvalue weighted by atomic mass is 16.3. The maximum absolute atomic E-state index is 5.40. The molecule has 6 nitrogen and oxygen atoms in total. The van der Waals surface area contributed by atoms with Crippen molar-refractivity contribution in [1.29, 1.82) is 0 Å². The Morgan fingerprint density at radius 1 is 1.37 bits per heavy atom. The summed E-state index contributed by atoms with van der Waals surface area (Å²) in [7, 11) is 1.88. The van der Waals surface area contributed by atoms with E-state index in [2.05, 4.69) is 26.9 Å². The molecule has 0 saturated carbocycles. The highest BCUT2D eigenvalue weighted by molar-refractivity contribution is 5.86. The molecule has 0 saturated heterocycles. The zero-order chi connectivity index (χ0) is 13.2. The smallest absolute Gasteiger partial charge is 0.163 e. The average molecular weight is 257 g/mol. The Balaban J connectivity index is 2.01. The van der Waals surface area contributed by atoms with Gasteiger partial charge in [0.25, 0.3) is 0 Å². The molecule has 3 heterocycles. The predicted molar refractivity (Wildman–Crippen MR) is 71.7 cm³/mol. The van der Waals surface area contributed by atoms with E-state index in [1.165, 1.54) is 0 Å². The second-order valence-corrected chi connectivity index (χ2v) is 4.30. The molecular formula is C13H15N5O. The first kappa shape index (κ1) is 11.7. The number of aromatic nitrogens is 4. The van der Waals surface area contributed by atoms with Gasteiger partial charge in [0, 0.05) is 13.6 Å². The van der Waals surface area contributed by atoms with Crippen LogP contribution in [0.1, 0.15) is 12.7 Å². The van der Waals surface area contributed by atoms with Gasteiger partial charge in [-0.3, -0.25) is 4.68 Å². The van der Waals surface area contributed by atoms with E-state index in [9.17, 15) is 0 Å². The molecule has 98 valence electrons. The molecular weight excluding hydrogens is 242 g/mol. The molecule has 3 aromatic rings. The zero-order valence-electron chi connectivity index (χ0n) is 10.9. The van der Waals surface area contributed by atoms with Crippen molar-refractivity contribution in [3.8, 4) is 0 Å². The molecule has 0 aliphatic rings. The Kier molecular flexibility index (Phi) is 2.91. The molecule has 0 spiro atoms. The fraction of sp³-hybridized carbons (Fsp3) is 0.308. The van der Waals surface area contributed by atoms with Gasteiger partial charge in [0.05, 0.1) is 24.4 Å². The number of hydrogen-bond acceptors (Lipinski definition) is 5. The van der Waals surface area contributed by atoms with Crippen LogP contribution in [0.5, 0.6) is 0 Å². The van der Waals surface area contributed by atoms with Crippen molar-refractivity contribution in [1.82, 2.24) is 19.7 Å². The molecule has 0 aliphatic carbocycles. The van der Waals surface area contributed by atoms with Gasteiger partial charge in [0.1, 0.15) is 17.9 Å². The Bertz CT molecular complexity index is 673. The number of fused-ring (bicyclic) bond motifs is 1. The molecule has 0 atom stereocenters. The lowest BCUT2D eigenvalue weighted by Crippen LogP contribution is -2.23. The highest BCUT2D eigenvalue weighted by Gasteiger charge is 2.14. The second-order valence-electron chi connectivity index (χ2n) is 4.30. The summed E-state index contributed by atoms with van der Waals surface area (Å²) in [5.74, 6) is 1.80. The standard InChI is InChI=1S/C13H15N5O/c1-3-18(8-10-5-4-6-19-10)13-11-7-16-17(2)12(11)14-9-15-13/h4-7,9H,3,8H2,1-2H3. The molecule has 0 fully saturated rings. The third-order valence-electron chi connectivity index (χ3n) is 3.12. The highest BCUT2D eigenvalue weighted by Crippen LogP contribution is 2.23. The summed E-state index contributed by atoms with van der Waals surface area (Å²) in [6, 6.07) is 3.85. The van der Waals surface area contributed by atoms with E-state index in [0.29, 0.717) is 6.54 Å². The number of aryl methyl sites for hydroxylation is 1. The van der Waals surface area contributed by atoms with Crippen LogP contribution in [0.3, 0.4) is 0 Å². The third kappa shape index (κ3) is 2.05. The van der Waals surface area contributed by atoms with Gasteiger partial charge >= 0.3 is 0 Å². The van der Waals surface area contributed by atoms with Crippen molar-refractivity contribution in [2.75, 3.05) is 11.4 Å². The van der Waals surface area contributed by atoms with E-state index < -0.39 is 0 Å². The van der Waals surface area contributed by atoms with Crippen LogP contribution in [-0.4, -0.2) is 26.3 Å². The number of hydrogen-bond donors (Lipinski definition) is 0. The van der Waals surface area contributed by atoms with Gasteiger partial charge in [-0.15, -0.1) is 0 Å². The average Bonchev–Trinajstić information content (AvgIpc) is 3.06. The minimum Gasteiger partial charge on any atom is -0.467 e. The van der Waals surface area contributed by atoms with Crippen LogP contribution in [0.4, 0.5) is 5.82 Å². The van der Waals surface area contributed by atoms with E-state index in [-0.39, 0.29) is 0 Å². The van der Waals surface area contributed by atoms with Crippen LogP contribution in [0.2, 0.25) is 0 Å². The predicted octanol–water partition coefficient (Wildman–Crippen LogP) is 1.98. The number of furan rings is 1. The van der Waals surface area contributed by atoms with Crippen molar-refractivity contribution in [3.05, 3.63) is 36.7 Å². The van der Waals surface area contributed by atoms with E-state index in [1.807, 2.05) is 19.2 Å². The maximum atomic E-state index is 5.40. The fourth-order valence-electron chi connectivity index (χ4n) is 2.13. The fourth-order valence-corrected chi connectivity index (χ4v) is 2.13. The third-order valence-corrected chi connectivity index (χ3v) is 3.12. The maximum Gasteiger partial charge on any atom is 0.163 e. The van der Waals surface area contributed by atoms with E-state index in [1.54, 1.807) is 23.5 Å². The van der Waals surface area contributed by atoms with Gasteiger partial charge in [-0.2, -0.15) is 5.10 Å². The SMILES string of the molecule is CCN(Cc1ccco1)c1ncnc2c1cnn2C. The van der Waals surface area contributed by atoms with Crippen molar-refractivity contribution in [3.63, 3.8) is 0 Å². The summed E-state index contributed by atoms with van der Waals surface area (Å²) in [5, 5.41) is 5.19. The van der Waals surface area contributed by atoms with Gasteiger partial charge < -0.3 is 9.32 Å². The summed E-state index contributed by atoms with van der Waals surface area (Å²) in [6.45, 7) is 3.61. The van der Waals surface area contributed by atoms with Crippen LogP contribution < -0.4 is 4.90 Å². The first-order chi connectivity index (χ1) is 9.29. The van der Waals surface area contributed by atoms with Gasteiger partial charge in [0.15, 0.2) is 5.65 Å². The largest absolute Gasteiger partial charge is 0.467 e. The van der Waals surface area contributed by atoms with Gasteiger partial charge in [-0.05, 0) is 19.1 Å². The van der Waals surface area contributed by atoms with E-state index in [0.717, 1.165) is 29.2 Å². The van der Waals surface area contributed by atoms with E-state index >= 15 is 0 Å². The quantitative estimate of drug-likeness (QED) is 0.715. The van der Waals surface area contributed by atoms with Crippen LogP contribution in [-0.2, 0) is 13.6 Å². The van der Waals surface area contributed by atoms with Gasteiger partial charge in [-0.1, -0.05) is 0 Å². The minimum absolute atomic E-state index is 0.685. The van der Waals surface area contributed by atoms with Crippen LogP contribution in [0.25, 0.3) is 11.0 Å². The Morgan fingerprint density at radius 2 is 2.26 bits per heavy atom. The molecule has 0 aromatic carbocycles. The monoisotopic (exact) mass is 257 g/mol. The lowest BCUT2D eigenvalue weighted by Gasteiger charge is -2.20. The number of nitrogens with zero attached hydrogens (tertiary/aromatic N) is 5. The Labute approximate surface area is 110 Å². The summed E-state index contributed by atoms with van der Waals surface area (Å²) in [4.78, 5) is 10.8. The molecule has 0 N–H and O–H groups in total. The van der Waals surface area contributed by atoms with Crippen molar-refractivity contribution < 1.29 is 4.42 Å². The van der Waals surface area contributed by atoms with E-state index in [4.69, 9.17) is 4.42 Å². The van der Waals surface area contributed by atoms with Gasteiger partial charge in [0.2, 0.25) is 0 Å². The van der Waals surface area contributed by atoms with Gasteiger partial charge in [-0.25, -0.2) is 9.97 Å². The molecule has 0 bridgehead atoms. The minimum atomic E-state index is 0.685. The molecule has 19 heavy (non-hydrogen) atoms. The first-order valence-electron chi connectivity index (χ1n) is 6.19. The summed E-state index contributed by atoms with van der Waals surface area (Å²) in [5.41, 5.74) is 0.836. The van der Waals surface area contributed by atoms with Crippen molar-refractivity contribution >= 4 is 16.9 Å². The number of rotatable bonds is 4. The topological polar surface area (TPSA) is 60.0 Å². The van der Waals surface area contributed by atoms with Crippen LogP contribution >= 0.6 is 0 Å². The van der Waals surface area contributed by atoms with Crippen LogP contribution in [0, 0.1) is 0 Å². The summed E-state index contributed by atoms with van der Waals surface area (Å²) in [6.07, 6.45) is 5.06. The Morgan fingerprint density at radius 3 is 3.00 bits per heavy atom. The summed E-state index contributed by atoms with van der Waals surface area (Å²) >= 11 is 0. The van der Waals surface area contributed by atoms with Crippen LogP contribution in [0.15, 0.2) is 35.3 Å². The van der Waals surface area contributed by atoms with Crippen molar-refractivity contribution in [2.24, 2.45) is 7.05 Å². The zero-order valence-corrected chi connectivity index (χ0v) is 10.9.